The molecule has 11 heterocycles. The van der Waals surface area contributed by atoms with Crippen LogP contribution in [0.15, 0.2) is 85.5 Å². The molecule has 0 saturated heterocycles. The van der Waals surface area contributed by atoms with Crippen LogP contribution in [0.4, 0.5) is 0 Å². The topological polar surface area (TPSA) is 71.1 Å². The molecule has 0 fully saturated rings. The molecule has 0 amide bonds. The van der Waals surface area contributed by atoms with Crippen LogP contribution in [0.1, 0.15) is 11.1 Å². The van der Waals surface area contributed by atoms with E-state index in [1.807, 2.05) is 12.1 Å². The highest BCUT2D eigenvalue weighted by atomic mass is 16.5. The molecule has 5 aliphatic rings. The average Bonchev–Trinajstić information content (AvgIpc) is 3.56. The summed E-state index contributed by atoms with van der Waals surface area (Å²) in [5.41, 5.74) is 7.10. The van der Waals surface area contributed by atoms with Crippen molar-refractivity contribution < 1.29 is 23.3 Å². The van der Waals surface area contributed by atoms with Crippen LogP contribution in [0.25, 0.3) is 55.2 Å². The fourth-order valence-electron chi connectivity index (χ4n) is 8.53. The van der Waals surface area contributed by atoms with Crippen molar-refractivity contribution in [2.24, 2.45) is 0 Å². The Morgan fingerprint density at radius 1 is 0.548 bits per heavy atom. The summed E-state index contributed by atoms with van der Waals surface area (Å²) in [6, 6.07) is 21.1. The molecular formula is C33H14N6O3+2. The molecule has 42 heavy (non-hydrogen) atoms. The third-order valence-corrected chi connectivity index (χ3v) is 9.83. The van der Waals surface area contributed by atoms with Gasteiger partial charge in [-0.1, -0.05) is 12.1 Å². The van der Waals surface area contributed by atoms with Gasteiger partial charge in [-0.05, 0) is 48.5 Å². The standard InChI is InChI=1S/C33H14N6O3/c1-5-15-17-7-3-11-36-31(17)38-25(15)19(9-1)41-29-27(38)23-21(13-34-29)40-22-14-35-30-28-24(22)33(23,36)37-12-4-8-18-16-6-2-10-20(42-30)26(16)39(28)32(18)37/h1-14H/q+2. The number of hydrogen-bond donors (Lipinski definition) is 0. The summed E-state index contributed by atoms with van der Waals surface area (Å²) >= 11 is 0. The summed E-state index contributed by atoms with van der Waals surface area (Å²) in [5, 5.41) is 4.55. The van der Waals surface area contributed by atoms with E-state index in [4.69, 9.17) is 24.2 Å². The molecule has 0 saturated carbocycles. The lowest BCUT2D eigenvalue weighted by Gasteiger charge is -2.41. The van der Waals surface area contributed by atoms with Gasteiger partial charge in [0.25, 0.3) is 23.1 Å². The SMILES string of the molecule is c1cc2c3c(c1)c1ccc[n+]4c1n3-c1c(ncc3c1C41c4c(cnc5c4-n4c6c(cccc6c6ccc[n+]1c64)O5)O3)O2. The van der Waals surface area contributed by atoms with Gasteiger partial charge < -0.3 is 14.2 Å². The number of nitrogens with zero attached hydrogens (tertiary/aromatic N) is 6. The first kappa shape index (κ1) is 19.2. The Bertz CT molecular complexity index is 2550. The van der Waals surface area contributed by atoms with E-state index in [9.17, 15) is 0 Å². The maximum absolute atomic E-state index is 6.73. The molecule has 0 unspecified atom stereocenters. The maximum Gasteiger partial charge on any atom is 0.322 e. The molecule has 9 heteroatoms. The average molecular weight is 543 g/mol. The zero-order valence-electron chi connectivity index (χ0n) is 21.5. The van der Waals surface area contributed by atoms with E-state index in [1.54, 1.807) is 12.4 Å². The number of para-hydroxylation sites is 2. The Hall–Kier alpha value is -5.96. The van der Waals surface area contributed by atoms with Crippen molar-refractivity contribution in [2.45, 2.75) is 5.66 Å². The fourth-order valence-corrected chi connectivity index (χ4v) is 8.53. The van der Waals surface area contributed by atoms with E-state index in [0.717, 1.165) is 77.9 Å². The van der Waals surface area contributed by atoms with Gasteiger partial charge in [0.1, 0.15) is 11.1 Å². The van der Waals surface area contributed by atoms with Crippen LogP contribution in [-0.4, -0.2) is 19.1 Å². The van der Waals surface area contributed by atoms with Crippen molar-refractivity contribution in [3.05, 3.63) is 96.6 Å². The minimum atomic E-state index is -0.877. The highest BCUT2D eigenvalue weighted by Crippen LogP contribution is 2.60. The first-order chi connectivity index (χ1) is 20.8. The number of benzene rings is 2. The molecule has 13 rings (SSSR count). The van der Waals surface area contributed by atoms with E-state index in [1.165, 1.54) is 0 Å². The number of fused-ring (bicyclic) bond motifs is 2. The van der Waals surface area contributed by atoms with E-state index < -0.39 is 5.66 Å². The normalized spacial score (nSPS) is 15.9. The van der Waals surface area contributed by atoms with Crippen molar-refractivity contribution >= 4 is 43.9 Å². The van der Waals surface area contributed by atoms with Crippen LogP contribution in [0.5, 0.6) is 34.8 Å². The van der Waals surface area contributed by atoms with Gasteiger partial charge in [-0.15, -0.1) is 0 Å². The highest BCUT2D eigenvalue weighted by Gasteiger charge is 2.67. The zero-order chi connectivity index (χ0) is 26.6. The molecule has 8 aromatic rings. The quantitative estimate of drug-likeness (QED) is 0.237. The van der Waals surface area contributed by atoms with Crippen molar-refractivity contribution in [1.82, 2.24) is 19.1 Å². The lowest BCUT2D eigenvalue weighted by atomic mass is 9.82. The number of ether oxygens (including phenoxy) is 3. The van der Waals surface area contributed by atoms with Gasteiger partial charge in [0, 0.05) is 10.8 Å². The van der Waals surface area contributed by atoms with Crippen LogP contribution in [0, 0.1) is 0 Å². The molecule has 0 bridgehead atoms. The summed E-state index contributed by atoms with van der Waals surface area (Å²) in [6.45, 7) is 0. The Morgan fingerprint density at radius 3 is 1.57 bits per heavy atom. The van der Waals surface area contributed by atoms with Crippen LogP contribution in [0.2, 0.25) is 0 Å². The van der Waals surface area contributed by atoms with E-state index in [0.29, 0.717) is 23.3 Å². The van der Waals surface area contributed by atoms with Gasteiger partial charge in [0.2, 0.25) is 11.4 Å². The van der Waals surface area contributed by atoms with Crippen molar-refractivity contribution in [3.63, 3.8) is 0 Å². The summed E-state index contributed by atoms with van der Waals surface area (Å²) in [6.07, 6.45) is 7.96. The molecule has 9 nitrogen and oxygen atoms in total. The van der Waals surface area contributed by atoms with Crippen LogP contribution in [0.3, 0.4) is 0 Å². The lowest BCUT2D eigenvalue weighted by molar-refractivity contribution is -0.954. The molecule has 0 radical (unpaired) electrons. The smallest absolute Gasteiger partial charge is 0.322 e. The molecule has 1 spiro atoms. The van der Waals surface area contributed by atoms with Crippen molar-refractivity contribution in [2.75, 3.05) is 0 Å². The first-order valence-corrected chi connectivity index (χ1v) is 13.9. The van der Waals surface area contributed by atoms with Gasteiger partial charge in [0.15, 0.2) is 34.0 Å². The summed E-state index contributed by atoms with van der Waals surface area (Å²) in [7, 11) is 0. The van der Waals surface area contributed by atoms with Crippen LogP contribution < -0.4 is 23.3 Å². The number of pyridine rings is 4. The largest absolute Gasteiger partial charge is 0.452 e. The Kier molecular flexibility index (Phi) is 2.56. The van der Waals surface area contributed by atoms with Crippen LogP contribution in [-0.2, 0) is 5.66 Å². The molecule has 0 N–H and O–H groups in total. The summed E-state index contributed by atoms with van der Waals surface area (Å²) in [4.78, 5) is 9.64. The minimum absolute atomic E-state index is 0.563. The number of hydrogen-bond acceptors (Lipinski definition) is 5. The molecular weight excluding hydrogens is 528 g/mol. The second-order valence-electron chi connectivity index (χ2n) is 11.5. The van der Waals surface area contributed by atoms with Gasteiger partial charge in [-0.25, -0.2) is 9.97 Å². The molecule has 0 aliphatic carbocycles. The second-order valence-corrected chi connectivity index (χ2v) is 11.5. The molecule has 2 aromatic carbocycles. The van der Waals surface area contributed by atoms with E-state index in [-0.39, 0.29) is 0 Å². The minimum Gasteiger partial charge on any atom is -0.452 e. The predicted octanol–water partition coefficient (Wildman–Crippen LogP) is 5.49. The Balaban J connectivity index is 1.41. The van der Waals surface area contributed by atoms with E-state index in [2.05, 4.69) is 79.2 Å². The monoisotopic (exact) mass is 542 g/mol. The van der Waals surface area contributed by atoms with E-state index >= 15 is 0 Å². The van der Waals surface area contributed by atoms with Gasteiger partial charge in [-0.3, -0.25) is 0 Å². The fraction of sp³-hybridized carbons (Fsp3) is 0.0303. The predicted molar refractivity (Wildman–Crippen MR) is 149 cm³/mol. The van der Waals surface area contributed by atoms with Crippen molar-refractivity contribution in [3.8, 4) is 46.1 Å². The van der Waals surface area contributed by atoms with Gasteiger partial charge >= 0.3 is 5.66 Å². The zero-order valence-corrected chi connectivity index (χ0v) is 21.5. The Morgan fingerprint density at radius 2 is 1.05 bits per heavy atom. The third kappa shape index (κ3) is 1.61. The third-order valence-electron chi connectivity index (χ3n) is 9.83. The molecule has 6 aromatic heterocycles. The Labute approximate surface area is 234 Å². The molecule has 192 valence electrons. The maximum atomic E-state index is 6.73. The van der Waals surface area contributed by atoms with Crippen LogP contribution >= 0.6 is 0 Å². The summed E-state index contributed by atoms with van der Waals surface area (Å²) in [5.74, 6) is 4.07. The summed E-state index contributed by atoms with van der Waals surface area (Å²) < 4.78 is 29.3. The second kappa shape index (κ2) is 5.61. The van der Waals surface area contributed by atoms with Gasteiger partial charge in [0.05, 0.1) is 35.6 Å². The molecule has 0 atom stereocenters. The van der Waals surface area contributed by atoms with Crippen molar-refractivity contribution in [1.29, 1.82) is 0 Å². The highest BCUT2D eigenvalue weighted by molar-refractivity contribution is 6.12. The lowest BCUT2D eigenvalue weighted by Crippen LogP contribution is -2.78. The number of rotatable bonds is 0. The van der Waals surface area contributed by atoms with Gasteiger partial charge in [-0.2, -0.15) is 18.3 Å². The molecule has 5 aliphatic heterocycles. The first-order valence-electron chi connectivity index (χ1n) is 13.9. The number of aromatic nitrogens is 6.